The number of carbonyl (C=O) groups excluding carboxylic acids is 2. The smallest absolute Gasteiger partial charge is 0.251 e. The van der Waals surface area contributed by atoms with Crippen LogP contribution < -0.4 is 10.6 Å². The Morgan fingerprint density at radius 3 is 2.61 bits per heavy atom. The molecule has 0 unspecified atom stereocenters. The molecule has 0 aliphatic rings. The van der Waals surface area contributed by atoms with Crippen molar-refractivity contribution in [1.82, 2.24) is 15.1 Å². The summed E-state index contributed by atoms with van der Waals surface area (Å²) < 4.78 is 2.52. The van der Waals surface area contributed by atoms with Crippen molar-refractivity contribution in [1.29, 1.82) is 0 Å². The number of hydrogen-bond donors (Lipinski definition) is 2. The number of anilines is 1. The minimum Gasteiger partial charge on any atom is -0.352 e. The molecule has 0 bridgehead atoms. The summed E-state index contributed by atoms with van der Waals surface area (Å²) in [7, 11) is 0. The molecule has 28 heavy (non-hydrogen) atoms. The van der Waals surface area contributed by atoms with Crippen molar-refractivity contribution >= 4 is 45.2 Å². The van der Waals surface area contributed by atoms with E-state index in [1.54, 1.807) is 47.1 Å². The van der Waals surface area contributed by atoms with Crippen LogP contribution >= 0.6 is 27.5 Å². The van der Waals surface area contributed by atoms with Crippen molar-refractivity contribution < 1.29 is 9.59 Å². The van der Waals surface area contributed by atoms with E-state index < -0.39 is 0 Å². The minimum atomic E-state index is -0.223. The normalized spacial score (nSPS) is 10.5. The molecule has 2 amide bonds. The lowest BCUT2D eigenvalue weighted by atomic mass is 10.2. The lowest BCUT2D eigenvalue weighted by molar-refractivity contribution is -0.116. The zero-order valence-electron chi connectivity index (χ0n) is 15.1. The van der Waals surface area contributed by atoms with E-state index >= 15 is 0 Å². The van der Waals surface area contributed by atoms with Gasteiger partial charge in [-0.1, -0.05) is 33.6 Å². The first-order valence-corrected chi connectivity index (χ1v) is 9.76. The van der Waals surface area contributed by atoms with Crippen molar-refractivity contribution in [2.75, 3.05) is 11.9 Å². The maximum Gasteiger partial charge on any atom is 0.251 e. The molecule has 0 fully saturated rings. The van der Waals surface area contributed by atoms with Gasteiger partial charge in [-0.3, -0.25) is 9.59 Å². The molecule has 3 rings (SSSR count). The van der Waals surface area contributed by atoms with Gasteiger partial charge in [-0.15, -0.1) is 0 Å². The second-order valence-corrected chi connectivity index (χ2v) is 7.48. The minimum absolute atomic E-state index is 0.141. The highest BCUT2D eigenvalue weighted by molar-refractivity contribution is 9.10. The number of aromatic nitrogens is 2. The molecule has 8 heteroatoms. The molecule has 1 aromatic heterocycles. The van der Waals surface area contributed by atoms with Crippen LogP contribution in [0.15, 0.2) is 59.1 Å². The fourth-order valence-corrected chi connectivity index (χ4v) is 3.04. The Morgan fingerprint density at radius 1 is 1.14 bits per heavy atom. The van der Waals surface area contributed by atoms with E-state index in [9.17, 15) is 9.59 Å². The number of benzene rings is 2. The Balaban J connectivity index is 1.58. The topological polar surface area (TPSA) is 76.0 Å². The maximum absolute atomic E-state index is 12.3. The Labute approximate surface area is 176 Å². The van der Waals surface area contributed by atoms with Crippen LogP contribution in [0.25, 0.3) is 5.69 Å². The molecule has 3 aromatic rings. The Morgan fingerprint density at radius 2 is 1.89 bits per heavy atom. The average Bonchev–Trinajstić information content (AvgIpc) is 3.02. The van der Waals surface area contributed by atoms with E-state index in [4.69, 9.17) is 11.6 Å². The number of carbonyl (C=O) groups is 2. The Kier molecular flexibility index (Phi) is 6.49. The van der Waals surface area contributed by atoms with Crippen molar-refractivity contribution in [3.05, 3.63) is 75.4 Å². The Hall–Kier alpha value is -2.64. The van der Waals surface area contributed by atoms with Crippen molar-refractivity contribution in [3.63, 3.8) is 0 Å². The summed E-state index contributed by atoms with van der Waals surface area (Å²) in [5, 5.41) is 10.6. The summed E-state index contributed by atoms with van der Waals surface area (Å²) in [5.41, 5.74) is 2.05. The van der Waals surface area contributed by atoms with Crippen LogP contribution in [0.5, 0.6) is 0 Å². The molecule has 2 aromatic carbocycles. The number of rotatable bonds is 6. The third-order valence-electron chi connectivity index (χ3n) is 3.90. The second kappa shape index (κ2) is 9.03. The number of nitrogens with one attached hydrogen (secondary N) is 2. The van der Waals surface area contributed by atoms with Crippen molar-refractivity contribution in [2.24, 2.45) is 0 Å². The third kappa shape index (κ3) is 5.21. The van der Waals surface area contributed by atoms with Gasteiger partial charge in [0.15, 0.2) is 0 Å². The van der Waals surface area contributed by atoms with Crippen LogP contribution in [0.3, 0.4) is 0 Å². The third-order valence-corrected chi connectivity index (χ3v) is 4.66. The molecular formula is C20H18BrClN4O2. The highest BCUT2D eigenvalue weighted by Crippen LogP contribution is 2.20. The highest BCUT2D eigenvalue weighted by Gasteiger charge is 2.12. The van der Waals surface area contributed by atoms with Crippen LogP contribution in [-0.4, -0.2) is 28.1 Å². The van der Waals surface area contributed by atoms with Gasteiger partial charge in [0.2, 0.25) is 5.91 Å². The van der Waals surface area contributed by atoms with Crippen LogP contribution in [0.2, 0.25) is 5.02 Å². The molecule has 0 aliphatic heterocycles. The van der Waals surface area contributed by atoms with Gasteiger partial charge in [0.05, 0.1) is 11.4 Å². The molecule has 0 radical (unpaired) electrons. The zero-order valence-corrected chi connectivity index (χ0v) is 17.4. The van der Waals surface area contributed by atoms with Crippen molar-refractivity contribution in [3.8, 4) is 5.69 Å². The lowest BCUT2D eigenvalue weighted by Gasteiger charge is -2.10. The van der Waals surface area contributed by atoms with E-state index in [1.165, 1.54) is 0 Å². The summed E-state index contributed by atoms with van der Waals surface area (Å²) in [6.45, 7) is 2.07. The van der Waals surface area contributed by atoms with Gasteiger partial charge >= 0.3 is 0 Å². The summed E-state index contributed by atoms with van der Waals surface area (Å²) in [4.78, 5) is 24.4. The van der Waals surface area contributed by atoms with Crippen molar-refractivity contribution in [2.45, 2.75) is 13.3 Å². The predicted octanol–water partition coefficient (Wildman–Crippen LogP) is 4.36. The molecule has 1 heterocycles. The molecule has 6 nitrogen and oxygen atoms in total. The summed E-state index contributed by atoms with van der Waals surface area (Å²) in [6, 6.07) is 16.0. The van der Waals surface area contributed by atoms with Gasteiger partial charge in [0.1, 0.15) is 5.82 Å². The van der Waals surface area contributed by atoms with Crippen LogP contribution in [0, 0.1) is 6.92 Å². The van der Waals surface area contributed by atoms with Crippen LogP contribution in [0.1, 0.15) is 22.5 Å². The number of hydrogen-bond acceptors (Lipinski definition) is 3. The van der Waals surface area contributed by atoms with E-state index in [0.29, 0.717) is 16.4 Å². The SMILES string of the molecule is Cc1cc(NC(=O)CCNC(=O)c2ccc(Br)cc2)n(-c2cccc(Cl)c2)n1. The first kappa shape index (κ1) is 20.1. The average molecular weight is 462 g/mol. The highest BCUT2D eigenvalue weighted by atomic mass is 79.9. The second-order valence-electron chi connectivity index (χ2n) is 6.12. The number of amides is 2. The molecule has 144 valence electrons. The van der Waals surface area contributed by atoms with Gasteiger partial charge in [0.25, 0.3) is 5.91 Å². The fraction of sp³-hybridized carbons (Fsp3) is 0.150. The standard InChI is InChI=1S/C20H18BrClN4O2/c1-13-11-18(26(25-13)17-4-2-3-16(22)12-17)24-19(27)9-10-23-20(28)14-5-7-15(21)8-6-14/h2-8,11-12H,9-10H2,1H3,(H,23,28)(H,24,27). The molecule has 0 saturated carbocycles. The molecule has 2 N–H and O–H groups in total. The maximum atomic E-state index is 12.3. The molecule has 0 saturated heterocycles. The monoisotopic (exact) mass is 460 g/mol. The largest absolute Gasteiger partial charge is 0.352 e. The van der Waals surface area contributed by atoms with Gasteiger partial charge in [0, 0.05) is 34.1 Å². The molecule has 0 aliphatic carbocycles. The number of aryl methyl sites for hydroxylation is 1. The first-order chi connectivity index (χ1) is 13.4. The van der Waals surface area contributed by atoms with Gasteiger partial charge < -0.3 is 10.6 Å². The number of nitrogens with zero attached hydrogens (tertiary/aromatic N) is 2. The lowest BCUT2D eigenvalue weighted by Crippen LogP contribution is -2.28. The van der Waals surface area contributed by atoms with E-state index in [-0.39, 0.29) is 24.8 Å². The molecule has 0 spiro atoms. The summed E-state index contributed by atoms with van der Waals surface area (Å²) in [5.74, 6) is 0.100. The van der Waals surface area contributed by atoms with Gasteiger partial charge in [-0.2, -0.15) is 5.10 Å². The van der Waals surface area contributed by atoms with E-state index in [0.717, 1.165) is 15.9 Å². The predicted molar refractivity (Wildman–Crippen MR) is 113 cm³/mol. The van der Waals surface area contributed by atoms with Crippen LogP contribution in [-0.2, 0) is 4.79 Å². The van der Waals surface area contributed by atoms with Crippen LogP contribution in [0.4, 0.5) is 5.82 Å². The zero-order chi connectivity index (χ0) is 20.1. The Bertz CT molecular complexity index is 1000. The first-order valence-electron chi connectivity index (χ1n) is 8.58. The molecular weight excluding hydrogens is 444 g/mol. The molecule has 0 atom stereocenters. The van der Waals surface area contributed by atoms with Gasteiger partial charge in [-0.25, -0.2) is 4.68 Å². The quantitative estimate of drug-likeness (QED) is 0.573. The summed E-state index contributed by atoms with van der Waals surface area (Å²) >= 11 is 9.37. The van der Waals surface area contributed by atoms with E-state index in [2.05, 4.69) is 31.7 Å². The van der Waals surface area contributed by atoms with Gasteiger partial charge in [-0.05, 0) is 49.4 Å². The number of halogens is 2. The van der Waals surface area contributed by atoms with E-state index in [1.807, 2.05) is 19.1 Å². The fourth-order valence-electron chi connectivity index (χ4n) is 2.59. The summed E-state index contributed by atoms with van der Waals surface area (Å²) in [6.07, 6.45) is 0.141.